The third-order valence-electron chi connectivity index (χ3n) is 8.35. The summed E-state index contributed by atoms with van der Waals surface area (Å²) in [5.41, 5.74) is -1.59. The van der Waals surface area contributed by atoms with Gasteiger partial charge < -0.3 is 29.2 Å². The molecule has 7 rings (SSSR count). The second kappa shape index (κ2) is 5.66. The van der Waals surface area contributed by atoms with Crippen LogP contribution in [0.25, 0.3) is 0 Å². The summed E-state index contributed by atoms with van der Waals surface area (Å²) in [6.07, 6.45) is 1.56. The molecule has 7 nitrogen and oxygen atoms in total. The van der Waals surface area contributed by atoms with E-state index in [2.05, 4.69) is 0 Å². The van der Waals surface area contributed by atoms with Crippen molar-refractivity contribution >= 4 is 10.8 Å². The van der Waals surface area contributed by atoms with Gasteiger partial charge in [0.15, 0.2) is 5.79 Å². The van der Waals surface area contributed by atoms with Crippen molar-refractivity contribution in [2.75, 3.05) is 20.5 Å². The Bertz CT molecular complexity index is 965. The summed E-state index contributed by atoms with van der Waals surface area (Å²) in [6.45, 7) is 1.78. The number of fused-ring (bicyclic) bond motifs is 3. The molecule has 3 aliphatic heterocycles. The van der Waals surface area contributed by atoms with Crippen molar-refractivity contribution in [1.29, 1.82) is 0 Å². The van der Waals surface area contributed by atoms with Crippen LogP contribution < -0.4 is 4.74 Å². The molecule has 4 bridgehead atoms. The molecule has 3 aliphatic carbocycles. The summed E-state index contributed by atoms with van der Waals surface area (Å²) in [6, 6.07) is 5.74. The van der Waals surface area contributed by atoms with Gasteiger partial charge in [-0.2, -0.15) is 0 Å². The van der Waals surface area contributed by atoms with E-state index in [9.17, 15) is 14.4 Å². The maximum absolute atomic E-state index is 12.9. The molecule has 0 aromatic heterocycles. The maximum Gasteiger partial charge on any atom is 0.177 e. The zero-order valence-corrected chi connectivity index (χ0v) is 18.4. The average Bonchev–Trinajstić information content (AvgIpc) is 3.05. The van der Waals surface area contributed by atoms with E-state index in [1.165, 1.54) is 0 Å². The highest BCUT2D eigenvalue weighted by molar-refractivity contribution is 7.85. The van der Waals surface area contributed by atoms with E-state index in [0.717, 1.165) is 11.1 Å². The van der Waals surface area contributed by atoms with Crippen LogP contribution in [-0.2, 0) is 25.0 Å². The van der Waals surface area contributed by atoms with E-state index in [-0.39, 0.29) is 11.8 Å². The quantitative estimate of drug-likeness (QED) is 0.743. The molecule has 2 unspecified atom stereocenters. The van der Waals surface area contributed by atoms with E-state index in [1.807, 2.05) is 18.2 Å². The predicted molar refractivity (Wildman–Crippen MR) is 107 cm³/mol. The fourth-order valence-corrected chi connectivity index (χ4v) is 9.05. The molecule has 0 amide bonds. The van der Waals surface area contributed by atoms with Crippen molar-refractivity contribution in [2.45, 2.75) is 66.2 Å². The smallest absolute Gasteiger partial charge is 0.177 e. The molecule has 8 heteroatoms. The molecule has 1 spiro atoms. The van der Waals surface area contributed by atoms with Crippen LogP contribution in [0.2, 0.25) is 0 Å². The lowest BCUT2D eigenvalue weighted by Gasteiger charge is -2.69. The molecule has 1 aromatic carbocycles. The van der Waals surface area contributed by atoms with Crippen molar-refractivity contribution in [3.63, 3.8) is 0 Å². The minimum atomic E-state index is -1.37. The van der Waals surface area contributed by atoms with Crippen LogP contribution in [0.3, 0.4) is 0 Å². The van der Waals surface area contributed by atoms with Gasteiger partial charge in [0, 0.05) is 48.5 Å². The van der Waals surface area contributed by atoms with Crippen molar-refractivity contribution in [1.82, 2.24) is 0 Å². The predicted octanol–water partition coefficient (Wildman–Crippen LogP) is 1.59. The van der Waals surface area contributed by atoms with Gasteiger partial charge in [-0.25, -0.2) is 0 Å². The number of rotatable bonds is 3. The lowest BCUT2D eigenvalue weighted by molar-refractivity contribution is -0.373. The van der Waals surface area contributed by atoms with Crippen molar-refractivity contribution < 1.29 is 33.4 Å². The lowest BCUT2D eigenvalue weighted by atomic mass is 9.47. The average molecular weight is 437 g/mol. The molecule has 6 aliphatic rings. The van der Waals surface area contributed by atoms with E-state index >= 15 is 0 Å². The summed E-state index contributed by atoms with van der Waals surface area (Å²) >= 11 is 0. The van der Waals surface area contributed by atoms with Crippen molar-refractivity contribution in [3.8, 4) is 5.75 Å². The third-order valence-corrected chi connectivity index (χ3v) is 9.69. The fourth-order valence-electron chi connectivity index (χ4n) is 7.72. The van der Waals surface area contributed by atoms with Crippen LogP contribution in [-0.4, -0.2) is 62.7 Å². The zero-order chi connectivity index (χ0) is 21.3. The first-order chi connectivity index (χ1) is 14.1. The molecule has 30 heavy (non-hydrogen) atoms. The Morgan fingerprint density at radius 2 is 1.97 bits per heavy atom. The maximum atomic E-state index is 12.9. The Labute approximate surface area is 178 Å². The summed E-state index contributed by atoms with van der Waals surface area (Å²) in [4.78, 5) is 0. The van der Waals surface area contributed by atoms with Crippen LogP contribution in [0.4, 0.5) is 0 Å². The van der Waals surface area contributed by atoms with Crippen LogP contribution in [0.1, 0.15) is 49.5 Å². The Balaban J connectivity index is 1.69. The van der Waals surface area contributed by atoms with E-state index < -0.39 is 50.8 Å². The first kappa shape index (κ1) is 19.6. The Hall–Kier alpha value is -1.03. The first-order valence-corrected chi connectivity index (χ1v) is 12.1. The highest BCUT2D eigenvalue weighted by Crippen LogP contribution is 2.76. The van der Waals surface area contributed by atoms with Gasteiger partial charge in [0.1, 0.15) is 17.5 Å². The number of hydrogen-bond donors (Lipinski definition) is 2. The molecule has 1 aromatic rings. The summed E-state index contributed by atoms with van der Waals surface area (Å²) in [5.74, 6) is -1.06. The van der Waals surface area contributed by atoms with Gasteiger partial charge in [-0.3, -0.25) is 4.21 Å². The van der Waals surface area contributed by atoms with Gasteiger partial charge in [0.05, 0.1) is 35.6 Å². The largest absolute Gasteiger partial charge is 0.496 e. The van der Waals surface area contributed by atoms with Crippen LogP contribution >= 0.6 is 0 Å². The molecule has 164 valence electrons. The minimum Gasteiger partial charge on any atom is -0.496 e. The van der Waals surface area contributed by atoms with Crippen LogP contribution in [0.5, 0.6) is 5.75 Å². The Morgan fingerprint density at radius 1 is 1.20 bits per heavy atom. The zero-order valence-electron chi connectivity index (χ0n) is 17.6. The molecule has 2 N–H and O–H groups in total. The van der Waals surface area contributed by atoms with Crippen LogP contribution in [0, 0.1) is 11.8 Å². The highest BCUT2D eigenvalue weighted by Gasteiger charge is 2.83. The normalized spacial score (nSPS) is 53.3. The molecule has 10 atom stereocenters. The van der Waals surface area contributed by atoms with Gasteiger partial charge in [-0.15, -0.1) is 0 Å². The molecule has 3 heterocycles. The monoisotopic (exact) mass is 436 g/mol. The van der Waals surface area contributed by atoms with Gasteiger partial charge >= 0.3 is 0 Å². The first-order valence-electron chi connectivity index (χ1n) is 10.5. The van der Waals surface area contributed by atoms with E-state index in [0.29, 0.717) is 25.0 Å². The second-order valence-corrected chi connectivity index (χ2v) is 11.6. The van der Waals surface area contributed by atoms with Crippen LogP contribution in [0.15, 0.2) is 18.2 Å². The SMILES string of the molecule is COc1cccc2c1[C@H]1O[C@]34C[C@@H](S(C)=O)[C@@]1(O)[C@H]1C3[C@@](OC)(C[C@](C)(O)C4)O[C@@H]21. The second-order valence-electron chi connectivity index (χ2n) is 10.0. The Morgan fingerprint density at radius 3 is 2.63 bits per heavy atom. The van der Waals surface area contributed by atoms with E-state index in [4.69, 9.17) is 18.9 Å². The lowest BCUT2D eigenvalue weighted by Crippen LogP contribution is -2.79. The molecular formula is C22H28O7S. The molecular weight excluding hydrogens is 408 g/mol. The number of methoxy groups -OCH3 is 2. The van der Waals surface area contributed by atoms with Crippen molar-refractivity contribution in [2.24, 2.45) is 11.8 Å². The summed E-state index contributed by atoms with van der Waals surface area (Å²) in [7, 11) is 1.90. The van der Waals surface area contributed by atoms with Gasteiger partial charge in [0.25, 0.3) is 0 Å². The van der Waals surface area contributed by atoms with Crippen molar-refractivity contribution in [3.05, 3.63) is 29.3 Å². The molecule has 5 fully saturated rings. The number of aliphatic hydroxyl groups is 2. The number of benzene rings is 1. The number of hydrogen-bond acceptors (Lipinski definition) is 7. The molecule has 2 saturated carbocycles. The third kappa shape index (κ3) is 2.02. The van der Waals surface area contributed by atoms with E-state index in [1.54, 1.807) is 27.4 Å². The molecule has 3 saturated heterocycles. The van der Waals surface area contributed by atoms with Gasteiger partial charge in [-0.05, 0) is 25.0 Å². The highest BCUT2D eigenvalue weighted by atomic mass is 32.2. The minimum absolute atomic E-state index is 0.263. The molecule has 0 radical (unpaired) electrons. The Kier molecular flexibility index (Phi) is 3.70. The van der Waals surface area contributed by atoms with Gasteiger partial charge in [-0.1, -0.05) is 12.1 Å². The summed E-state index contributed by atoms with van der Waals surface area (Å²) in [5, 5.41) is 23.0. The standard InChI is InChI=1S/C22H28O7S/c1-19(23)9-20-8-13(30(4)25)22(24)15-16(28-21(10-19,27-3)17(15)20)11-6-5-7-12(26-2)14(11)18(22)29-20/h5-7,13,15-18,23-24H,8-10H2,1-4H3/t13-,15-,16+,17?,18-,19-,20+,21-,22-,30?/m1/s1. The summed E-state index contributed by atoms with van der Waals surface area (Å²) < 4.78 is 38.0. The fraction of sp³-hybridized carbons (Fsp3) is 0.727. The van der Waals surface area contributed by atoms with Gasteiger partial charge in [0.2, 0.25) is 0 Å². The number of ether oxygens (including phenoxy) is 4. The topological polar surface area (TPSA) is 94.5 Å².